The Bertz CT molecular complexity index is 457. The van der Waals surface area contributed by atoms with Crippen molar-refractivity contribution in [1.29, 1.82) is 0 Å². The Morgan fingerprint density at radius 1 is 1.24 bits per heavy atom. The minimum Gasteiger partial charge on any atom is -0.488 e. The molecule has 0 N–H and O–H groups in total. The van der Waals surface area contributed by atoms with E-state index in [9.17, 15) is 0 Å². The second kappa shape index (κ2) is 5.92. The highest BCUT2D eigenvalue weighted by molar-refractivity contribution is 5.40. The molecule has 0 radical (unpaired) electrons. The van der Waals surface area contributed by atoms with Crippen LogP contribution in [0.3, 0.4) is 0 Å². The van der Waals surface area contributed by atoms with E-state index in [0.717, 1.165) is 55.5 Å². The molecule has 0 fully saturated rings. The van der Waals surface area contributed by atoms with E-state index in [1.54, 1.807) is 6.26 Å². The molecule has 1 aromatic heterocycles. The maximum Gasteiger partial charge on any atom is 0.165 e. The first kappa shape index (κ1) is 12.2. The van der Waals surface area contributed by atoms with E-state index in [4.69, 9.17) is 9.15 Å². The molecule has 17 heavy (non-hydrogen) atoms. The standard InChI is InChI=1S/C14H21NO2/c1-3-15(4-2)9-10-16-14-11-17-13-8-6-5-7-12(13)14/h7-8,11H,3-6,9-10H2,1-2H3. The third-order valence-corrected chi connectivity index (χ3v) is 3.23. The van der Waals surface area contributed by atoms with Crippen molar-refractivity contribution in [3.8, 4) is 5.75 Å². The molecule has 0 aliphatic heterocycles. The van der Waals surface area contributed by atoms with E-state index in [0.29, 0.717) is 0 Å². The molecule has 94 valence electrons. The Labute approximate surface area is 102 Å². The number of likely N-dealkylation sites (N-methyl/N-ethyl adjacent to an activating group) is 1. The van der Waals surface area contributed by atoms with Crippen LogP contribution in [-0.2, 0) is 0 Å². The van der Waals surface area contributed by atoms with Crippen LogP contribution in [0.4, 0.5) is 0 Å². The predicted molar refractivity (Wildman–Crippen MR) is 69.4 cm³/mol. The second-order valence-corrected chi connectivity index (χ2v) is 4.24. The summed E-state index contributed by atoms with van der Waals surface area (Å²) in [6.07, 6.45) is 8.21. The first-order valence-electron chi connectivity index (χ1n) is 6.48. The van der Waals surface area contributed by atoms with E-state index in [1.165, 1.54) is 0 Å². The number of fused-ring (bicyclic) bond motifs is 1. The highest BCUT2D eigenvalue weighted by Crippen LogP contribution is 2.05. The van der Waals surface area contributed by atoms with Gasteiger partial charge in [-0.1, -0.05) is 19.9 Å². The Balaban J connectivity index is 1.94. The summed E-state index contributed by atoms with van der Waals surface area (Å²) in [7, 11) is 0. The van der Waals surface area contributed by atoms with E-state index < -0.39 is 0 Å². The van der Waals surface area contributed by atoms with Gasteiger partial charge in [0, 0.05) is 6.54 Å². The van der Waals surface area contributed by atoms with Crippen LogP contribution >= 0.6 is 0 Å². The molecule has 0 amide bonds. The third-order valence-electron chi connectivity index (χ3n) is 3.23. The topological polar surface area (TPSA) is 25.6 Å². The summed E-state index contributed by atoms with van der Waals surface area (Å²) >= 11 is 0. The van der Waals surface area contributed by atoms with Crippen LogP contribution in [0.15, 0.2) is 10.7 Å². The lowest BCUT2D eigenvalue weighted by Gasteiger charge is -2.17. The van der Waals surface area contributed by atoms with Crippen molar-refractivity contribution in [3.05, 3.63) is 16.9 Å². The van der Waals surface area contributed by atoms with Crippen LogP contribution in [0.5, 0.6) is 5.75 Å². The molecule has 1 heterocycles. The predicted octanol–water partition coefficient (Wildman–Crippen LogP) is 1.35. The minimum absolute atomic E-state index is 0.724. The lowest BCUT2D eigenvalue weighted by molar-refractivity contribution is 0.221. The molecular weight excluding hydrogens is 214 g/mol. The van der Waals surface area contributed by atoms with Gasteiger partial charge in [-0.05, 0) is 32.0 Å². The third kappa shape index (κ3) is 2.91. The van der Waals surface area contributed by atoms with Crippen LogP contribution in [0.1, 0.15) is 26.7 Å². The first-order chi connectivity index (χ1) is 8.35. The molecule has 2 rings (SSSR count). The number of rotatable bonds is 6. The SMILES string of the molecule is CCN(CC)CCOc1coc2c1=CCCC=2. The van der Waals surface area contributed by atoms with Gasteiger partial charge in [-0.2, -0.15) is 0 Å². The molecule has 1 aliphatic rings. The fourth-order valence-corrected chi connectivity index (χ4v) is 2.10. The average Bonchev–Trinajstić information content (AvgIpc) is 2.78. The summed E-state index contributed by atoms with van der Waals surface area (Å²) in [4.78, 5) is 2.35. The molecule has 1 aliphatic carbocycles. The van der Waals surface area contributed by atoms with Gasteiger partial charge >= 0.3 is 0 Å². The van der Waals surface area contributed by atoms with E-state index in [-0.39, 0.29) is 0 Å². The number of ether oxygens (including phenoxy) is 1. The Morgan fingerprint density at radius 3 is 2.76 bits per heavy atom. The minimum atomic E-state index is 0.724. The summed E-state index contributed by atoms with van der Waals surface area (Å²) in [6, 6.07) is 0. The normalized spacial score (nSPS) is 14.1. The van der Waals surface area contributed by atoms with Gasteiger partial charge in [0.05, 0.1) is 5.22 Å². The number of hydrogen-bond acceptors (Lipinski definition) is 3. The highest BCUT2D eigenvalue weighted by Gasteiger charge is 2.06. The van der Waals surface area contributed by atoms with Gasteiger partial charge in [0.25, 0.3) is 0 Å². The molecule has 0 atom stereocenters. The summed E-state index contributed by atoms with van der Waals surface area (Å²) in [6.45, 7) is 8.18. The van der Waals surface area contributed by atoms with Gasteiger partial charge in [-0.3, -0.25) is 0 Å². The maximum atomic E-state index is 5.79. The monoisotopic (exact) mass is 235 g/mol. The molecule has 3 heteroatoms. The molecule has 0 saturated heterocycles. The zero-order valence-electron chi connectivity index (χ0n) is 10.7. The number of nitrogens with zero attached hydrogens (tertiary/aromatic N) is 1. The fraction of sp³-hybridized carbons (Fsp3) is 0.571. The molecule has 0 spiro atoms. The zero-order chi connectivity index (χ0) is 12.1. The van der Waals surface area contributed by atoms with Gasteiger partial charge in [-0.15, -0.1) is 0 Å². The molecule has 1 aromatic rings. The van der Waals surface area contributed by atoms with Crippen molar-refractivity contribution in [3.63, 3.8) is 0 Å². The molecule has 0 saturated carbocycles. The van der Waals surface area contributed by atoms with Gasteiger partial charge in [-0.25, -0.2) is 0 Å². The molecular formula is C14H21NO2. The van der Waals surface area contributed by atoms with Crippen LogP contribution in [0, 0.1) is 0 Å². The largest absolute Gasteiger partial charge is 0.488 e. The maximum absolute atomic E-state index is 5.79. The summed E-state index contributed by atoms with van der Waals surface area (Å²) in [5, 5.41) is 1.13. The lowest BCUT2D eigenvalue weighted by Crippen LogP contribution is -2.29. The van der Waals surface area contributed by atoms with Crippen LogP contribution in [0.2, 0.25) is 0 Å². The van der Waals surface area contributed by atoms with Crippen LogP contribution in [0.25, 0.3) is 12.2 Å². The highest BCUT2D eigenvalue weighted by atomic mass is 16.5. The van der Waals surface area contributed by atoms with E-state index in [2.05, 4.69) is 30.9 Å². The first-order valence-corrected chi connectivity index (χ1v) is 6.48. The number of furan rings is 1. The van der Waals surface area contributed by atoms with E-state index >= 15 is 0 Å². The average molecular weight is 235 g/mol. The van der Waals surface area contributed by atoms with Crippen molar-refractivity contribution in [2.24, 2.45) is 0 Å². The lowest BCUT2D eigenvalue weighted by atomic mass is 10.2. The van der Waals surface area contributed by atoms with Crippen molar-refractivity contribution in [2.45, 2.75) is 26.7 Å². The van der Waals surface area contributed by atoms with Gasteiger partial charge < -0.3 is 14.1 Å². The number of hydrogen-bond donors (Lipinski definition) is 0. The Morgan fingerprint density at radius 2 is 2.00 bits per heavy atom. The van der Waals surface area contributed by atoms with Crippen LogP contribution in [-0.4, -0.2) is 31.1 Å². The summed E-state index contributed by atoms with van der Waals surface area (Å²) < 4.78 is 11.3. The quantitative estimate of drug-likeness (QED) is 0.744. The summed E-state index contributed by atoms with van der Waals surface area (Å²) in [5.41, 5.74) is 0.967. The molecule has 0 bridgehead atoms. The zero-order valence-corrected chi connectivity index (χ0v) is 10.7. The van der Waals surface area contributed by atoms with Crippen LogP contribution < -0.4 is 15.4 Å². The smallest absolute Gasteiger partial charge is 0.165 e. The summed E-state index contributed by atoms with van der Waals surface area (Å²) in [5.74, 6) is 0.892. The fourth-order valence-electron chi connectivity index (χ4n) is 2.10. The van der Waals surface area contributed by atoms with Crippen molar-refractivity contribution in [1.82, 2.24) is 4.90 Å². The Hall–Kier alpha value is -1.22. The molecule has 0 aromatic carbocycles. The van der Waals surface area contributed by atoms with E-state index in [1.807, 2.05) is 0 Å². The Kier molecular flexibility index (Phi) is 4.26. The molecule has 0 unspecified atom stereocenters. The van der Waals surface area contributed by atoms with Crippen molar-refractivity contribution < 1.29 is 9.15 Å². The second-order valence-electron chi connectivity index (χ2n) is 4.24. The van der Waals surface area contributed by atoms with Crippen molar-refractivity contribution in [2.75, 3.05) is 26.2 Å². The molecule has 3 nitrogen and oxygen atoms in total. The van der Waals surface area contributed by atoms with Crippen molar-refractivity contribution >= 4 is 12.2 Å². The van der Waals surface area contributed by atoms with Gasteiger partial charge in [0.2, 0.25) is 0 Å². The van der Waals surface area contributed by atoms with Gasteiger partial charge in [0.1, 0.15) is 18.3 Å². The van der Waals surface area contributed by atoms with Gasteiger partial charge in [0.15, 0.2) is 5.75 Å².